The number of piperidine rings is 1. The summed E-state index contributed by atoms with van der Waals surface area (Å²) >= 11 is 0. The van der Waals surface area contributed by atoms with Crippen LogP contribution >= 0.6 is 12.4 Å². The summed E-state index contributed by atoms with van der Waals surface area (Å²) in [6.45, 7) is 1.85. The highest BCUT2D eigenvalue weighted by atomic mass is 35.5. The summed E-state index contributed by atoms with van der Waals surface area (Å²) < 4.78 is 26.1. The van der Waals surface area contributed by atoms with E-state index in [1.165, 1.54) is 12.1 Å². The molecule has 0 bridgehead atoms. The molecule has 1 aliphatic rings. The quantitative estimate of drug-likeness (QED) is 0.859. The fourth-order valence-corrected chi connectivity index (χ4v) is 2.24. The smallest absolute Gasteiger partial charge is 0.126 e. The van der Waals surface area contributed by atoms with Crippen LogP contribution in [0.2, 0.25) is 0 Å². The highest BCUT2D eigenvalue weighted by Gasteiger charge is 2.22. The van der Waals surface area contributed by atoms with Crippen molar-refractivity contribution in [2.45, 2.75) is 18.9 Å². The summed E-state index contributed by atoms with van der Waals surface area (Å²) in [5, 5.41) is 3.24. The summed E-state index contributed by atoms with van der Waals surface area (Å²) in [4.78, 5) is 0. The lowest BCUT2D eigenvalue weighted by Crippen LogP contribution is -2.33. The summed E-state index contributed by atoms with van der Waals surface area (Å²) in [5.41, 5.74) is 6.61. The number of rotatable bonds is 2. The van der Waals surface area contributed by atoms with Gasteiger partial charge in [-0.3, -0.25) is 0 Å². The Balaban J connectivity index is 0.00000144. The molecule has 1 saturated heterocycles. The first kappa shape index (κ1) is 14.4. The van der Waals surface area contributed by atoms with Crippen LogP contribution in [0.25, 0.3) is 0 Å². The molecule has 0 aliphatic carbocycles. The molecule has 17 heavy (non-hydrogen) atoms. The van der Waals surface area contributed by atoms with Crippen molar-refractivity contribution < 1.29 is 8.78 Å². The molecule has 5 heteroatoms. The highest BCUT2D eigenvalue weighted by Crippen LogP contribution is 2.27. The molecule has 2 rings (SSSR count). The van der Waals surface area contributed by atoms with E-state index in [0.717, 1.165) is 32.0 Å². The first-order chi connectivity index (χ1) is 7.66. The molecular formula is C12H17ClF2N2. The van der Waals surface area contributed by atoms with E-state index in [1.807, 2.05) is 0 Å². The zero-order valence-corrected chi connectivity index (χ0v) is 10.3. The third-order valence-electron chi connectivity index (χ3n) is 3.16. The van der Waals surface area contributed by atoms with Crippen LogP contribution in [0.5, 0.6) is 0 Å². The van der Waals surface area contributed by atoms with E-state index in [9.17, 15) is 8.78 Å². The largest absolute Gasteiger partial charge is 0.324 e. The minimum absolute atomic E-state index is 0. The molecule has 2 nitrogen and oxygen atoms in total. The summed E-state index contributed by atoms with van der Waals surface area (Å²) in [6.07, 6.45) is 1.92. The van der Waals surface area contributed by atoms with E-state index in [0.29, 0.717) is 11.5 Å². The van der Waals surface area contributed by atoms with Crippen LogP contribution in [-0.2, 0) is 0 Å². The van der Waals surface area contributed by atoms with Crippen molar-refractivity contribution in [3.63, 3.8) is 0 Å². The topological polar surface area (TPSA) is 38.0 Å². The number of halogens is 3. The number of nitrogens with one attached hydrogen (secondary N) is 1. The standard InChI is InChI=1S/C12H16F2N2.ClH/c13-10-5-9(6-11(14)7-10)12(15)8-1-3-16-4-2-8;/h5-8,12,16H,1-4,15H2;1H/t12-;/m1./s1. The summed E-state index contributed by atoms with van der Waals surface area (Å²) in [6, 6.07) is 3.26. The molecule has 0 spiro atoms. The Hall–Kier alpha value is -0.710. The van der Waals surface area contributed by atoms with Crippen LogP contribution in [0.1, 0.15) is 24.4 Å². The molecule has 1 heterocycles. The molecule has 0 amide bonds. The maximum atomic E-state index is 13.0. The normalized spacial score (nSPS) is 18.5. The van der Waals surface area contributed by atoms with E-state index in [4.69, 9.17) is 5.73 Å². The van der Waals surface area contributed by atoms with Crippen molar-refractivity contribution in [2.24, 2.45) is 11.7 Å². The minimum Gasteiger partial charge on any atom is -0.324 e. The van der Waals surface area contributed by atoms with E-state index >= 15 is 0 Å². The number of hydrogen-bond donors (Lipinski definition) is 2. The van der Waals surface area contributed by atoms with Gasteiger partial charge in [-0.1, -0.05) is 0 Å². The maximum Gasteiger partial charge on any atom is 0.126 e. The average molecular weight is 263 g/mol. The van der Waals surface area contributed by atoms with Crippen LogP contribution in [-0.4, -0.2) is 13.1 Å². The van der Waals surface area contributed by atoms with Gasteiger partial charge in [0.25, 0.3) is 0 Å². The second-order valence-corrected chi connectivity index (χ2v) is 4.32. The molecule has 3 N–H and O–H groups in total. The molecule has 96 valence electrons. The van der Waals surface area contributed by atoms with Gasteiger partial charge in [0.05, 0.1) is 0 Å². The first-order valence-electron chi connectivity index (χ1n) is 5.59. The Bertz CT molecular complexity index is 347. The molecule has 1 aliphatic heterocycles. The van der Waals surface area contributed by atoms with Gasteiger partial charge in [-0.2, -0.15) is 0 Å². The van der Waals surface area contributed by atoms with E-state index < -0.39 is 11.6 Å². The van der Waals surface area contributed by atoms with Crippen molar-refractivity contribution in [2.75, 3.05) is 13.1 Å². The van der Waals surface area contributed by atoms with Gasteiger partial charge in [0.2, 0.25) is 0 Å². The monoisotopic (exact) mass is 262 g/mol. The Kier molecular flexibility index (Phi) is 5.31. The molecule has 1 aromatic carbocycles. The molecule has 0 aromatic heterocycles. The fraction of sp³-hybridized carbons (Fsp3) is 0.500. The minimum atomic E-state index is -0.556. The Morgan fingerprint density at radius 2 is 1.65 bits per heavy atom. The van der Waals surface area contributed by atoms with Gasteiger partial charge in [0.1, 0.15) is 11.6 Å². The number of hydrogen-bond acceptors (Lipinski definition) is 2. The molecule has 0 radical (unpaired) electrons. The summed E-state index contributed by atoms with van der Waals surface area (Å²) in [5.74, 6) is -0.804. The molecule has 0 unspecified atom stereocenters. The lowest BCUT2D eigenvalue weighted by molar-refractivity contribution is 0.321. The van der Waals surface area contributed by atoms with Gasteiger partial charge in [0.15, 0.2) is 0 Å². The van der Waals surface area contributed by atoms with Gasteiger partial charge in [-0.25, -0.2) is 8.78 Å². The van der Waals surface area contributed by atoms with Crippen molar-refractivity contribution in [3.8, 4) is 0 Å². The van der Waals surface area contributed by atoms with Crippen LogP contribution in [0.15, 0.2) is 18.2 Å². The van der Waals surface area contributed by atoms with Crippen molar-refractivity contribution in [1.82, 2.24) is 5.32 Å². The van der Waals surface area contributed by atoms with Crippen LogP contribution in [0, 0.1) is 17.6 Å². The second kappa shape index (κ2) is 6.28. The van der Waals surface area contributed by atoms with Crippen molar-refractivity contribution in [3.05, 3.63) is 35.4 Å². The van der Waals surface area contributed by atoms with Crippen LogP contribution < -0.4 is 11.1 Å². The van der Waals surface area contributed by atoms with Crippen molar-refractivity contribution >= 4 is 12.4 Å². The predicted octanol–water partition coefficient (Wildman–Crippen LogP) is 2.39. The van der Waals surface area contributed by atoms with Gasteiger partial charge in [-0.15, -0.1) is 12.4 Å². The Labute approximate surface area is 106 Å². The molecule has 1 atom stereocenters. The second-order valence-electron chi connectivity index (χ2n) is 4.32. The van der Waals surface area contributed by atoms with Gasteiger partial charge >= 0.3 is 0 Å². The third-order valence-corrected chi connectivity index (χ3v) is 3.16. The third kappa shape index (κ3) is 3.63. The zero-order chi connectivity index (χ0) is 11.5. The lowest BCUT2D eigenvalue weighted by Gasteiger charge is -2.28. The SMILES string of the molecule is Cl.N[C@@H](c1cc(F)cc(F)c1)C1CCNCC1. The van der Waals surface area contributed by atoms with E-state index in [1.54, 1.807) is 0 Å². The predicted molar refractivity (Wildman–Crippen MR) is 66.1 cm³/mol. The molecule has 1 aromatic rings. The van der Waals surface area contributed by atoms with E-state index in [2.05, 4.69) is 5.32 Å². The summed E-state index contributed by atoms with van der Waals surface area (Å²) in [7, 11) is 0. The molecule has 0 saturated carbocycles. The van der Waals surface area contributed by atoms with Gasteiger partial charge in [-0.05, 0) is 49.5 Å². The van der Waals surface area contributed by atoms with E-state index in [-0.39, 0.29) is 18.4 Å². The van der Waals surface area contributed by atoms with Gasteiger partial charge in [0, 0.05) is 12.1 Å². The first-order valence-corrected chi connectivity index (χ1v) is 5.59. The van der Waals surface area contributed by atoms with Crippen LogP contribution in [0.3, 0.4) is 0 Å². The van der Waals surface area contributed by atoms with Crippen molar-refractivity contribution in [1.29, 1.82) is 0 Å². The zero-order valence-electron chi connectivity index (χ0n) is 9.46. The highest BCUT2D eigenvalue weighted by molar-refractivity contribution is 5.85. The molecular weight excluding hydrogens is 246 g/mol. The molecule has 1 fully saturated rings. The number of benzene rings is 1. The van der Waals surface area contributed by atoms with Crippen LogP contribution in [0.4, 0.5) is 8.78 Å². The lowest BCUT2D eigenvalue weighted by atomic mass is 9.86. The average Bonchev–Trinajstić information content (AvgIpc) is 2.28. The number of nitrogens with two attached hydrogens (primary N) is 1. The Morgan fingerprint density at radius 1 is 1.12 bits per heavy atom. The Morgan fingerprint density at radius 3 is 2.18 bits per heavy atom. The fourth-order valence-electron chi connectivity index (χ4n) is 2.24. The maximum absolute atomic E-state index is 13.0. The van der Waals surface area contributed by atoms with Gasteiger partial charge < -0.3 is 11.1 Å².